The fourth-order valence-electron chi connectivity index (χ4n) is 5.76. The van der Waals surface area contributed by atoms with Crippen LogP contribution in [0, 0.1) is 16.4 Å². The normalized spacial score (nSPS) is 19.2. The predicted molar refractivity (Wildman–Crippen MR) is 172 cm³/mol. The van der Waals surface area contributed by atoms with Gasteiger partial charge in [-0.2, -0.15) is 0 Å². The summed E-state index contributed by atoms with van der Waals surface area (Å²) in [6.45, 7) is 5.22. The molecule has 0 saturated heterocycles. The molecule has 1 heterocycles. The van der Waals surface area contributed by atoms with Crippen molar-refractivity contribution in [2.24, 2.45) is 10.9 Å². The van der Waals surface area contributed by atoms with Gasteiger partial charge in [-0.1, -0.05) is 72.3 Å². The number of hydrogen-bond acceptors (Lipinski definition) is 4. The van der Waals surface area contributed by atoms with Gasteiger partial charge in [-0.15, -0.1) is 0 Å². The minimum atomic E-state index is 0.284. The number of ether oxygens (including phenoxy) is 2. The molecule has 3 atom stereocenters. The maximum atomic E-state index is 6.17. The third-order valence-corrected chi connectivity index (χ3v) is 8.49. The summed E-state index contributed by atoms with van der Waals surface area (Å²) in [6.07, 6.45) is 7.73. The first-order valence-electron chi connectivity index (χ1n) is 13.9. The minimum absolute atomic E-state index is 0.284. The Morgan fingerprint density at radius 2 is 1.80 bits per heavy atom. The van der Waals surface area contributed by atoms with E-state index in [2.05, 4.69) is 108 Å². The molecule has 2 aliphatic rings. The summed E-state index contributed by atoms with van der Waals surface area (Å²) in [5.41, 5.74) is 8.32. The standard InChI is InChI=1S/C35H33IN2O2/c1-3-39-33-20-25(19-31(36)35(33)40-22-24-8-5-4-6-9-24)21-37-27-15-13-26(14-16-27)34-29-11-7-10-28(29)30-18-23(2)12-17-32(30)38-34/h4-10,12-21,28-29,34,38H,3,11,22H2,1-2H3/t28-,29-,34+/m1/s1. The Morgan fingerprint density at radius 3 is 2.60 bits per heavy atom. The van der Waals surface area contributed by atoms with Crippen LogP contribution in [0.2, 0.25) is 0 Å². The third kappa shape index (κ3) is 5.66. The summed E-state index contributed by atoms with van der Waals surface area (Å²) in [5, 5.41) is 3.83. The molecule has 1 aliphatic heterocycles. The van der Waals surface area contributed by atoms with Crippen molar-refractivity contribution in [2.45, 2.75) is 38.8 Å². The Balaban J connectivity index is 1.18. The van der Waals surface area contributed by atoms with E-state index in [1.165, 1.54) is 22.4 Å². The first-order valence-corrected chi connectivity index (χ1v) is 15.0. The minimum Gasteiger partial charge on any atom is -0.490 e. The first kappa shape index (κ1) is 26.6. The van der Waals surface area contributed by atoms with E-state index in [-0.39, 0.29) is 6.04 Å². The number of aliphatic imine (C=N–C) groups is 1. The van der Waals surface area contributed by atoms with Crippen molar-refractivity contribution in [1.29, 1.82) is 0 Å². The second-order valence-electron chi connectivity index (χ2n) is 10.5. The van der Waals surface area contributed by atoms with E-state index in [1.807, 2.05) is 37.4 Å². The third-order valence-electron chi connectivity index (χ3n) is 7.69. The molecule has 4 aromatic rings. The number of rotatable bonds is 8. The van der Waals surface area contributed by atoms with Crippen molar-refractivity contribution < 1.29 is 9.47 Å². The molecule has 1 aliphatic carbocycles. The van der Waals surface area contributed by atoms with Crippen LogP contribution in [0.5, 0.6) is 11.5 Å². The van der Waals surface area contributed by atoms with Gasteiger partial charge in [-0.3, -0.25) is 4.99 Å². The van der Waals surface area contributed by atoms with E-state index in [0.717, 1.165) is 38.3 Å². The van der Waals surface area contributed by atoms with Crippen LogP contribution in [-0.2, 0) is 6.61 Å². The van der Waals surface area contributed by atoms with Crippen molar-refractivity contribution in [3.05, 3.63) is 128 Å². The monoisotopic (exact) mass is 640 g/mol. The molecule has 0 bridgehead atoms. The summed E-state index contributed by atoms with van der Waals surface area (Å²) in [7, 11) is 0. The second-order valence-corrected chi connectivity index (χ2v) is 11.6. The molecule has 5 heteroatoms. The van der Waals surface area contributed by atoms with Gasteiger partial charge in [0, 0.05) is 17.8 Å². The van der Waals surface area contributed by atoms with Crippen LogP contribution in [0.4, 0.5) is 11.4 Å². The lowest BCUT2D eigenvalue weighted by Crippen LogP contribution is -2.29. The lowest BCUT2D eigenvalue weighted by Gasteiger charge is -2.37. The van der Waals surface area contributed by atoms with Crippen LogP contribution in [0.1, 0.15) is 53.1 Å². The quantitative estimate of drug-likeness (QED) is 0.119. The van der Waals surface area contributed by atoms with Gasteiger partial charge in [0.2, 0.25) is 0 Å². The number of hydrogen-bond donors (Lipinski definition) is 1. The van der Waals surface area contributed by atoms with Gasteiger partial charge in [0.15, 0.2) is 11.5 Å². The average Bonchev–Trinajstić information content (AvgIpc) is 3.47. The maximum absolute atomic E-state index is 6.17. The molecule has 0 amide bonds. The zero-order valence-electron chi connectivity index (χ0n) is 22.8. The number of halogens is 1. The molecule has 4 aromatic carbocycles. The highest BCUT2D eigenvalue weighted by Gasteiger charge is 2.37. The van der Waals surface area contributed by atoms with Gasteiger partial charge in [-0.05, 0) is 101 Å². The second kappa shape index (κ2) is 11.9. The first-order chi connectivity index (χ1) is 19.6. The van der Waals surface area contributed by atoms with Crippen molar-refractivity contribution in [3.8, 4) is 11.5 Å². The number of anilines is 1. The van der Waals surface area contributed by atoms with E-state index in [4.69, 9.17) is 14.5 Å². The summed E-state index contributed by atoms with van der Waals surface area (Å²) in [4.78, 5) is 4.78. The lowest BCUT2D eigenvalue weighted by atomic mass is 9.76. The van der Waals surface area contributed by atoms with E-state index in [1.54, 1.807) is 0 Å². The number of benzene rings is 4. The Kier molecular flexibility index (Phi) is 7.91. The SMILES string of the molecule is CCOc1cc(C=Nc2ccc([C@@H]3Nc4ccc(C)cc4[C@@H]4C=CC[C@H]43)cc2)cc(I)c1OCc1ccccc1. The molecule has 4 nitrogen and oxygen atoms in total. The van der Waals surface area contributed by atoms with Gasteiger partial charge in [0.25, 0.3) is 0 Å². The van der Waals surface area contributed by atoms with Crippen LogP contribution in [-0.4, -0.2) is 12.8 Å². The highest BCUT2D eigenvalue weighted by Crippen LogP contribution is 2.50. The molecule has 1 N–H and O–H groups in total. The molecule has 0 spiro atoms. The Labute approximate surface area is 250 Å². The Hall–Kier alpha value is -3.58. The smallest absolute Gasteiger partial charge is 0.175 e. The molecule has 0 radical (unpaired) electrons. The zero-order valence-corrected chi connectivity index (χ0v) is 25.0. The molecule has 0 fully saturated rings. The number of nitrogens with one attached hydrogen (secondary N) is 1. The Bertz CT molecular complexity index is 1550. The van der Waals surface area contributed by atoms with Crippen molar-refractivity contribution >= 4 is 40.2 Å². The number of allylic oxidation sites excluding steroid dienone is 2. The van der Waals surface area contributed by atoms with Crippen LogP contribution in [0.25, 0.3) is 0 Å². The Morgan fingerprint density at radius 1 is 0.975 bits per heavy atom. The van der Waals surface area contributed by atoms with E-state index in [0.29, 0.717) is 25.0 Å². The van der Waals surface area contributed by atoms with Crippen molar-refractivity contribution in [1.82, 2.24) is 0 Å². The van der Waals surface area contributed by atoms with Gasteiger partial charge in [-0.25, -0.2) is 0 Å². The van der Waals surface area contributed by atoms with Crippen LogP contribution in [0.3, 0.4) is 0 Å². The van der Waals surface area contributed by atoms with Crippen LogP contribution in [0.15, 0.2) is 102 Å². The van der Waals surface area contributed by atoms with E-state index < -0.39 is 0 Å². The highest BCUT2D eigenvalue weighted by molar-refractivity contribution is 14.1. The van der Waals surface area contributed by atoms with Gasteiger partial charge >= 0.3 is 0 Å². The topological polar surface area (TPSA) is 42.8 Å². The van der Waals surface area contributed by atoms with Crippen LogP contribution < -0.4 is 14.8 Å². The van der Waals surface area contributed by atoms with Gasteiger partial charge in [0.05, 0.1) is 21.9 Å². The average molecular weight is 641 g/mol. The molecular weight excluding hydrogens is 607 g/mol. The van der Waals surface area contributed by atoms with Crippen LogP contribution >= 0.6 is 22.6 Å². The summed E-state index contributed by atoms with van der Waals surface area (Å²) in [5.74, 6) is 2.51. The molecule has 202 valence electrons. The highest BCUT2D eigenvalue weighted by atomic mass is 127. The number of fused-ring (bicyclic) bond motifs is 3. The number of nitrogens with zero attached hydrogens (tertiary/aromatic N) is 1. The summed E-state index contributed by atoms with van der Waals surface area (Å²) < 4.78 is 13.1. The fraction of sp³-hybridized carbons (Fsp3) is 0.229. The van der Waals surface area contributed by atoms with Gasteiger partial charge < -0.3 is 14.8 Å². The van der Waals surface area contributed by atoms with Gasteiger partial charge in [0.1, 0.15) is 6.61 Å². The molecule has 6 rings (SSSR count). The van der Waals surface area contributed by atoms with E-state index in [9.17, 15) is 0 Å². The zero-order chi connectivity index (χ0) is 27.5. The van der Waals surface area contributed by atoms with Crippen molar-refractivity contribution in [2.75, 3.05) is 11.9 Å². The largest absolute Gasteiger partial charge is 0.490 e. The predicted octanol–water partition coefficient (Wildman–Crippen LogP) is 9.15. The summed E-state index contributed by atoms with van der Waals surface area (Å²) >= 11 is 2.31. The molecular formula is C35H33IN2O2. The fourth-order valence-corrected chi connectivity index (χ4v) is 6.54. The lowest BCUT2D eigenvalue weighted by molar-refractivity contribution is 0.267. The number of aryl methyl sites for hydroxylation is 1. The molecule has 0 unspecified atom stereocenters. The molecule has 40 heavy (non-hydrogen) atoms. The molecule has 0 saturated carbocycles. The maximum Gasteiger partial charge on any atom is 0.175 e. The van der Waals surface area contributed by atoms with E-state index >= 15 is 0 Å². The molecule has 0 aromatic heterocycles. The summed E-state index contributed by atoms with van der Waals surface area (Å²) in [6, 6.07) is 30.0. The van der Waals surface area contributed by atoms with Crippen molar-refractivity contribution in [3.63, 3.8) is 0 Å².